The summed E-state index contributed by atoms with van der Waals surface area (Å²) in [6.07, 6.45) is 3.44. The maximum atomic E-state index is 12.7. The van der Waals surface area contributed by atoms with E-state index >= 15 is 0 Å². The van der Waals surface area contributed by atoms with Crippen LogP contribution in [-0.4, -0.2) is 13.0 Å². The highest BCUT2D eigenvalue weighted by molar-refractivity contribution is 5.88. The topological polar surface area (TPSA) is 64.6 Å². The Morgan fingerprint density at radius 3 is 2.67 bits per heavy atom. The van der Waals surface area contributed by atoms with E-state index in [1.807, 2.05) is 60.7 Å². The fraction of sp³-hybridized carbons (Fsp3) is 0.136. The van der Waals surface area contributed by atoms with Crippen molar-refractivity contribution in [3.8, 4) is 5.75 Å². The molecular weight excluding hydrogens is 342 g/mol. The number of carbonyl (C=O) groups is 1. The fourth-order valence-electron chi connectivity index (χ4n) is 3.13. The number of fused-ring (bicyclic) bond motifs is 1. The Morgan fingerprint density at radius 1 is 1.07 bits per heavy atom. The van der Waals surface area contributed by atoms with Crippen LogP contribution in [0.5, 0.6) is 5.75 Å². The van der Waals surface area contributed by atoms with Crippen molar-refractivity contribution < 1.29 is 18.4 Å². The summed E-state index contributed by atoms with van der Waals surface area (Å²) in [5.74, 6) is 1.30. The summed E-state index contributed by atoms with van der Waals surface area (Å²) in [4.78, 5) is 12.7. The minimum atomic E-state index is -0.341. The third-order valence-corrected chi connectivity index (χ3v) is 4.48. The van der Waals surface area contributed by atoms with E-state index in [0.29, 0.717) is 11.3 Å². The van der Waals surface area contributed by atoms with Crippen molar-refractivity contribution in [1.29, 1.82) is 0 Å². The van der Waals surface area contributed by atoms with Gasteiger partial charge in [-0.2, -0.15) is 0 Å². The van der Waals surface area contributed by atoms with Crippen LogP contribution < -0.4 is 10.1 Å². The predicted octanol–water partition coefficient (Wildman–Crippen LogP) is 4.48. The van der Waals surface area contributed by atoms with Gasteiger partial charge in [0, 0.05) is 17.0 Å². The largest absolute Gasteiger partial charge is 0.497 e. The molecule has 0 saturated carbocycles. The monoisotopic (exact) mass is 361 g/mol. The van der Waals surface area contributed by atoms with E-state index < -0.39 is 0 Å². The molecule has 2 aromatic heterocycles. The number of hydrogen-bond donors (Lipinski definition) is 1. The van der Waals surface area contributed by atoms with Crippen molar-refractivity contribution in [2.75, 3.05) is 7.11 Å². The predicted molar refractivity (Wildman–Crippen MR) is 102 cm³/mol. The van der Waals surface area contributed by atoms with Gasteiger partial charge in [0.2, 0.25) is 5.91 Å². The standard InChI is InChI=1S/C22H19NO4/c1-25-17-9-10-18-16(14-27-20(18)13-17)12-21(24)23-22(19-8-5-11-26-19)15-6-3-2-4-7-15/h2-11,13-14,22H,12H2,1H3,(H,23,24)/t22-/m1/s1. The minimum Gasteiger partial charge on any atom is -0.497 e. The molecule has 4 rings (SSSR count). The molecule has 1 amide bonds. The Bertz CT molecular complexity index is 1030. The Hall–Kier alpha value is -3.47. The smallest absolute Gasteiger partial charge is 0.225 e. The summed E-state index contributed by atoms with van der Waals surface area (Å²) in [6.45, 7) is 0. The SMILES string of the molecule is COc1ccc2c(CC(=O)N[C@H](c3ccccc3)c3ccco3)coc2c1. The lowest BCUT2D eigenvalue weighted by Gasteiger charge is -2.17. The number of amides is 1. The first kappa shape index (κ1) is 17.0. The zero-order valence-corrected chi connectivity index (χ0v) is 14.8. The highest BCUT2D eigenvalue weighted by Gasteiger charge is 2.20. The molecule has 2 heterocycles. The molecule has 0 aliphatic carbocycles. The molecule has 27 heavy (non-hydrogen) atoms. The van der Waals surface area contributed by atoms with Gasteiger partial charge < -0.3 is 18.9 Å². The first-order valence-electron chi connectivity index (χ1n) is 8.66. The molecular formula is C22H19NO4. The molecule has 2 aromatic carbocycles. The van der Waals surface area contributed by atoms with Gasteiger partial charge in [-0.3, -0.25) is 4.79 Å². The Kier molecular flexibility index (Phi) is 4.66. The van der Waals surface area contributed by atoms with E-state index in [1.54, 1.807) is 19.6 Å². The molecule has 0 spiro atoms. The summed E-state index contributed by atoms with van der Waals surface area (Å²) in [7, 11) is 1.61. The zero-order chi connectivity index (χ0) is 18.6. The number of nitrogens with one attached hydrogen (secondary N) is 1. The van der Waals surface area contributed by atoms with Gasteiger partial charge in [0.1, 0.15) is 23.1 Å². The van der Waals surface area contributed by atoms with Crippen molar-refractivity contribution in [3.05, 3.63) is 90.1 Å². The van der Waals surface area contributed by atoms with E-state index in [9.17, 15) is 4.79 Å². The number of methoxy groups -OCH3 is 1. The summed E-state index contributed by atoms with van der Waals surface area (Å²) in [5.41, 5.74) is 2.49. The Balaban J connectivity index is 1.55. The van der Waals surface area contributed by atoms with E-state index in [-0.39, 0.29) is 18.4 Å². The van der Waals surface area contributed by atoms with E-state index in [1.165, 1.54) is 0 Å². The number of benzene rings is 2. The van der Waals surface area contributed by atoms with Crippen molar-refractivity contribution in [1.82, 2.24) is 5.32 Å². The van der Waals surface area contributed by atoms with Crippen LogP contribution in [0, 0.1) is 0 Å². The van der Waals surface area contributed by atoms with Gasteiger partial charge in [-0.1, -0.05) is 30.3 Å². The molecule has 0 unspecified atom stereocenters. The van der Waals surface area contributed by atoms with E-state index in [2.05, 4.69) is 5.32 Å². The van der Waals surface area contributed by atoms with Crippen molar-refractivity contribution in [2.24, 2.45) is 0 Å². The number of rotatable bonds is 6. The first-order valence-corrected chi connectivity index (χ1v) is 8.66. The molecule has 0 fully saturated rings. The lowest BCUT2D eigenvalue weighted by atomic mass is 10.0. The number of carbonyl (C=O) groups excluding carboxylic acids is 1. The second-order valence-electron chi connectivity index (χ2n) is 6.23. The van der Waals surface area contributed by atoms with E-state index in [4.69, 9.17) is 13.6 Å². The summed E-state index contributed by atoms with van der Waals surface area (Å²) in [5, 5.41) is 3.97. The number of hydrogen-bond acceptors (Lipinski definition) is 4. The fourth-order valence-corrected chi connectivity index (χ4v) is 3.13. The Labute approximate surface area is 156 Å². The van der Waals surface area contributed by atoms with Crippen LogP contribution in [0.25, 0.3) is 11.0 Å². The molecule has 0 aliphatic heterocycles. The van der Waals surface area contributed by atoms with E-state index in [0.717, 1.165) is 22.3 Å². The second kappa shape index (κ2) is 7.41. The van der Waals surface area contributed by atoms with Crippen molar-refractivity contribution in [2.45, 2.75) is 12.5 Å². The molecule has 136 valence electrons. The van der Waals surface area contributed by atoms with Crippen LogP contribution in [0.15, 0.2) is 82.0 Å². The zero-order valence-electron chi connectivity index (χ0n) is 14.8. The van der Waals surface area contributed by atoms with Gasteiger partial charge in [-0.15, -0.1) is 0 Å². The molecule has 0 saturated heterocycles. The van der Waals surface area contributed by atoms with Gasteiger partial charge >= 0.3 is 0 Å². The average Bonchev–Trinajstić information content (AvgIpc) is 3.37. The first-order chi connectivity index (χ1) is 13.2. The van der Waals surface area contributed by atoms with Crippen LogP contribution in [0.2, 0.25) is 0 Å². The minimum absolute atomic E-state index is 0.112. The van der Waals surface area contributed by atoms with Gasteiger partial charge in [0.15, 0.2) is 0 Å². The molecule has 5 nitrogen and oxygen atoms in total. The maximum absolute atomic E-state index is 12.7. The average molecular weight is 361 g/mol. The number of furan rings is 2. The lowest BCUT2D eigenvalue weighted by Crippen LogP contribution is -2.30. The molecule has 5 heteroatoms. The van der Waals surface area contributed by atoms with Crippen molar-refractivity contribution in [3.63, 3.8) is 0 Å². The molecule has 0 bridgehead atoms. The highest BCUT2D eigenvalue weighted by atomic mass is 16.5. The van der Waals surface area contributed by atoms with Gasteiger partial charge in [-0.25, -0.2) is 0 Å². The summed E-state index contributed by atoms with van der Waals surface area (Å²) < 4.78 is 16.3. The van der Waals surface area contributed by atoms with Crippen LogP contribution in [-0.2, 0) is 11.2 Å². The molecule has 4 aromatic rings. The normalized spacial score (nSPS) is 12.0. The van der Waals surface area contributed by atoms with Gasteiger partial charge in [-0.05, 0) is 29.8 Å². The van der Waals surface area contributed by atoms with Gasteiger partial charge in [0.05, 0.1) is 26.1 Å². The maximum Gasteiger partial charge on any atom is 0.225 e. The van der Waals surface area contributed by atoms with Crippen LogP contribution >= 0.6 is 0 Å². The molecule has 0 aliphatic rings. The van der Waals surface area contributed by atoms with Crippen molar-refractivity contribution >= 4 is 16.9 Å². The summed E-state index contributed by atoms with van der Waals surface area (Å²) in [6, 6.07) is 18.7. The Morgan fingerprint density at radius 2 is 1.93 bits per heavy atom. The molecule has 0 radical (unpaired) electrons. The quantitative estimate of drug-likeness (QED) is 0.550. The van der Waals surface area contributed by atoms with Crippen LogP contribution in [0.3, 0.4) is 0 Å². The molecule has 1 N–H and O–H groups in total. The lowest BCUT2D eigenvalue weighted by molar-refractivity contribution is -0.121. The van der Waals surface area contributed by atoms with Gasteiger partial charge in [0.25, 0.3) is 0 Å². The van der Waals surface area contributed by atoms with Crippen LogP contribution in [0.1, 0.15) is 22.9 Å². The highest BCUT2D eigenvalue weighted by Crippen LogP contribution is 2.27. The third-order valence-electron chi connectivity index (χ3n) is 4.48. The summed E-state index contributed by atoms with van der Waals surface area (Å²) >= 11 is 0. The second-order valence-corrected chi connectivity index (χ2v) is 6.23. The third kappa shape index (κ3) is 3.58. The number of ether oxygens (including phenoxy) is 1. The molecule has 1 atom stereocenters. The van der Waals surface area contributed by atoms with Crippen LogP contribution in [0.4, 0.5) is 0 Å².